The van der Waals surface area contributed by atoms with Gasteiger partial charge in [-0.1, -0.05) is 11.6 Å². The molecule has 0 unspecified atom stereocenters. The first-order chi connectivity index (χ1) is 15.8. The highest BCUT2D eigenvalue weighted by atomic mass is 35.5. The van der Waals surface area contributed by atoms with Crippen molar-refractivity contribution in [1.82, 2.24) is 0 Å². The van der Waals surface area contributed by atoms with Crippen LogP contribution in [0.4, 0.5) is 10.7 Å². The Morgan fingerprint density at radius 2 is 1.64 bits per heavy atom. The number of nitrogens with one attached hydrogen (secondary N) is 2. The highest BCUT2D eigenvalue weighted by Crippen LogP contribution is 2.33. The van der Waals surface area contributed by atoms with Crippen molar-refractivity contribution in [3.05, 3.63) is 75.1 Å². The van der Waals surface area contributed by atoms with E-state index in [0.717, 1.165) is 10.4 Å². The smallest absolute Gasteiger partial charge is 0.341 e. The minimum atomic E-state index is -0.469. The molecule has 1 aromatic heterocycles. The summed E-state index contributed by atoms with van der Waals surface area (Å²) in [5, 5.41) is 6.52. The summed E-state index contributed by atoms with van der Waals surface area (Å²) < 4.78 is 10.6. The van der Waals surface area contributed by atoms with Crippen molar-refractivity contribution in [2.24, 2.45) is 0 Å². The summed E-state index contributed by atoms with van der Waals surface area (Å²) in [4.78, 5) is 37.9. The number of thiophene rings is 1. The monoisotopic (exact) mass is 486 g/mol. The topological polar surface area (TPSA) is 93.7 Å². The normalized spacial score (nSPS) is 10.4. The Hall–Kier alpha value is -3.36. The molecule has 0 saturated carbocycles. The first-order valence-electron chi connectivity index (χ1n) is 10.1. The number of esters is 1. The second-order valence-corrected chi connectivity index (χ2v) is 8.69. The van der Waals surface area contributed by atoms with E-state index in [4.69, 9.17) is 21.1 Å². The van der Waals surface area contributed by atoms with Gasteiger partial charge in [-0.15, -0.1) is 11.3 Å². The fourth-order valence-electron chi connectivity index (χ4n) is 2.91. The predicted molar refractivity (Wildman–Crippen MR) is 130 cm³/mol. The number of hydrogen-bond donors (Lipinski definition) is 2. The van der Waals surface area contributed by atoms with Crippen molar-refractivity contribution in [2.75, 3.05) is 23.8 Å². The van der Waals surface area contributed by atoms with Crippen LogP contribution in [0, 0.1) is 13.8 Å². The molecular weight excluding hydrogens is 464 g/mol. The van der Waals surface area contributed by atoms with E-state index in [0.29, 0.717) is 32.6 Å². The Morgan fingerprint density at radius 3 is 2.27 bits per heavy atom. The van der Waals surface area contributed by atoms with Gasteiger partial charge >= 0.3 is 5.97 Å². The molecule has 1 heterocycles. The van der Waals surface area contributed by atoms with Crippen LogP contribution in [0.3, 0.4) is 0 Å². The van der Waals surface area contributed by atoms with E-state index in [-0.39, 0.29) is 19.1 Å². The third kappa shape index (κ3) is 6.34. The number of amides is 2. The van der Waals surface area contributed by atoms with Gasteiger partial charge in [-0.25, -0.2) is 4.79 Å². The van der Waals surface area contributed by atoms with Crippen LogP contribution in [0.25, 0.3) is 0 Å². The zero-order valence-electron chi connectivity index (χ0n) is 18.4. The first kappa shape index (κ1) is 24.3. The Balaban J connectivity index is 1.57. The molecule has 3 aromatic rings. The van der Waals surface area contributed by atoms with Crippen LogP contribution < -0.4 is 15.4 Å². The average Bonchev–Trinajstić information content (AvgIpc) is 3.07. The van der Waals surface area contributed by atoms with Crippen LogP contribution in [0.2, 0.25) is 5.02 Å². The lowest BCUT2D eigenvalue weighted by atomic mass is 10.1. The lowest BCUT2D eigenvalue weighted by Crippen LogP contribution is -2.21. The Bertz CT molecular complexity index is 1160. The van der Waals surface area contributed by atoms with Gasteiger partial charge in [-0.3, -0.25) is 9.59 Å². The summed E-state index contributed by atoms with van der Waals surface area (Å²) in [7, 11) is 0. The van der Waals surface area contributed by atoms with Crippen molar-refractivity contribution >= 4 is 51.4 Å². The second-order valence-electron chi connectivity index (χ2n) is 7.03. The number of ether oxygens (including phenoxy) is 2. The van der Waals surface area contributed by atoms with Gasteiger partial charge in [0.15, 0.2) is 6.61 Å². The number of carbonyl (C=O) groups excluding carboxylic acids is 3. The fraction of sp³-hybridized carbons (Fsp3) is 0.208. The predicted octanol–water partition coefficient (Wildman–Crippen LogP) is 5.46. The quantitative estimate of drug-likeness (QED) is 0.412. The van der Waals surface area contributed by atoms with Gasteiger partial charge in [0.05, 0.1) is 12.2 Å². The number of hydrogen-bond acceptors (Lipinski definition) is 6. The van der Waals surface area contributed by atoms with Gasteiger partial charge in [0.2, 0.25) is 0 Å². The summed E-state index contributed by atoms with van der Waals surface area (Å²) in [6, 6.07) is 13.2. The minimum absolute atomic E-state index is 0.247. The number of anilines is 2. The van der Waals surface area contributed by atoms with E-state index in [1.54, 1.807) is 55.5 Å². The van der Waals surface area contributed by atoms with Crippen LogP contribution in [-0.2, 0) is 9.53 Å². The van der Waals surface area contributed by atoms with E-state index < -0.39 is 11.9 Å². The molecule has 7 nitrogen and oxygen atoms in total. The van der Waals surface area contributed by atoms with Crippen molar-refractivity contribution in [2.45, 2.75) is 20.8 Å². The third-order valence-corrected chi connectivity index (χ3v) is 6.08. The zero-order valence-corrected chi connectivity index (χ0v) is 19.9. The largest absolute Gasteiger partial charge is 0.484 e. The van der Waals surface area contributed by atoms with Gasteiger partial charge in [0.25, 0.3) is 11.8 Å². The van der Waals surface area contributed by atoms with Crippen molar-refractivity contribution in [1.29, 1.82) is 0 Å². The Morgan fingerprint density at radius 1 is 0.970 bits per heavy atom. The number of halogens is 1. The van der Waals surface area contributed by atoms with Gasteiger partial charge < -0.3 is 20.1 Å². The first-order valence-corrected chi connectivity index (χ1v) is 11.3. The van der Waals surface area contributed by atoms with Crippen molar-refractivity contribution < 1.29 is 23.9 Å². The number of aryl methyl sites for hydroxylation is 1. The summed E-state index contributed by atoms with van der Waals surface area (Å²) in [6.07, 6.45) is 0. The maximum Gasteiger partial charge on any atom is 0.341 e. The lowest BCUT2D eigenvalue weighted by Gasteiger charge is -2.09. The second kappa shape index (κ2) is 11.0. The summed E-state index contributed by atoms with van der Waals surface area (Å²) >= 11 is 7.16. The van der Waals surface area contributed by atoms with Crippen molar-refractivity contribution in [3.63, 3.8) is 0 Å². The molecular formula is C24H23ClN2O5S. The van der Waals surface area contributed by atoms with Crippen LogP contribution >= 0.6 is 22.9 Å². The molecule has 9 heteroatoms. The molecule has 2 aromatic carbocycles. The fourth-order valence-corrected chi connectivity index (χ4v) is 4.11. The molecule has 0 aliphatic heterocycles. The van der Waals surface area contributed by atoms with Crippen molar-refractivity contribution in [3.8, 4) is 5.75 Å². The van der Waals surface area contributed by atoms with E-state index in [2.05, 4.69) is 10.6 Å². The summed E-state index contributed by atoms with van der Waals surface area (Å²) in [5.41, 5.74) is 2.21. The van der Waals surface area contributed by atoms with Gasteiger partial charge in [-0.05, 0) is 74.9 Å². The molecule has 0 saturated heterocycles. The third-order valence-electron chi connectivity index (χ3n) is 4.71. The SMILES string of the molecule is CCOC(=O)c1c(NC(=O)COc2ccc(C(=O)Nc3ccc(Cl)cc3)cc2)sc(C)c1C. The zero-order chi connectivity index (χ0) is 24.0. The molecule has 0 bridgehead atoms. The van der Waals surface area contributed by atoms with Crippen LogP contribution in [-0.4, -0.2) is 31.0 Å². The van der Waals surface area contributed by atoms with E-state index in [1.807, 2.05) is 13.8 Å². The maximum absolute atomic E-state index is 12.4. The van der Waals surface area contributed by atoms with Crippen LogP contribution in [0.5, 0.6) is 5.75 Å². The van der Waals surface area contributed by atoms with E-state index in [1.165, 1.54) is 11.3 Å². The molecule has 0 fully saturated rings. The molecule has 0 aliphatic rings. The van der Waals surface area contributed by atoms with Gasteiger partial charge in [0, 0.05) is 21.2 Å². The highest BCUT2D eigenvalue weighted by Gasteiger charge is 2.22. The number of rotatable bonds is 8. The average molecular weight is 487 g/mol. The molecule has 0 spiro atoms. The number of benzene rings is 2. The number of carbonyl (C=O) groups is 3. The highest BCUT2D eigenvalue weighted by molar-refractivity contribution is 7.16. The summed E-state index contributed by atoms with van der Waals surface area (Å²) in [6.45, 7) is 5.41. The lowest BCUT2D eigenvalue weighted by molar-refractivity contribution is -0.118. The van der Waals surface area contributed by atoms with E-state index >= 15 is 0 Å². The molecule has 2 N–H and O–H groups in total. The molecule has 0 atom stereocenters. The Labute approximate surface area is 200 Å². The molecule has 3 rings (SSSR count). The Kier molecular flexibility index (Phi) is 8.08. The van der Waals surface area contributed by atoms with E-state index in [9.17, 15) is 14.4 Å². The molecule has 172 valence electrons. The molecule has 33 heavy (non-hydrogen) atoms. The van der Waals surface area contributed by atoms with Gasteiger partial charge in [0.1, 0.15) is 10.8 Å². The van der Waals surface area contributed by atoms with Crippen LogP contribution in [0.1, 0.15) is 38.1 Å². The maximum atomic E-state index is 12.4. The van der Waals surface area contributed by atoms with Gasteiger partial charge in [-0.2, -0.15) is 0 Å². The molecule has 0 aliphatic carbocycles. The molecule has 0 radical (unpaired) electrons. The van der Waals surface area contributed by atoms with Crippen LogP contribution in [0.15, 0.2) is 48.5 Å². The molecule has 2 amide bonds. The standard InChI is InChI=1S/C24H23ClN2O5S/c1-4-31-24(30)21-14(2)15(3)33-23(21)27-20(28)13-32-19-11-5-16(6-12-19)22(29)26-18-9-7-17(25)8-10-18/h5-12H,4,13H2,1-3H3,(H,26,29)(H,27,28). The minimum Gasteiger partial charge on any atom is -0.484 e. The summed E-state index contributed by atoms with van der Waals surface area (Å²) in [5.74, 6) is -0.733.